The van der Waals surface area contributed by atoms with Crippen LogP contribution in [0.5, 0.6) is 0 Å². The summed E-state index contributed by atoms with van der Waals surface area (Å²) in [7, 11) is 1.93. The Morgan fingerprint density at radius 3 is 2.88 bits per heavy atom. The first kappa shape index (κ1) is 11.6. The molecule has 2 atom stereocenters. The highest BCUT2D eigenvalue weighted by atomic mass is 15.3. The summed E-state index contributed by atoms with van der Waals surface area (Å²) in [5.74, 6) is 1.61. The van der Waals surface area contributed by atoms with Gasteiger partial charge in [-0.05, 0) is 24.2 Å². The minimum atomic E-state index is 0.209. The van der Waals surface area contributed by atoms with Gasteiger partial charge in [0.15, 0.2) is 0 Å². The van der Waals surface area contributed by atoms with Crippen LogP contribution in [0.25, 0.3) is 0 Å². The molecule has 0 aromatic carbocycles. The normalized spacial score (nSPS) is 25.9. The van der Waals surface area contributed by atoms with Gasteiger partial charge in [-0.2, -0.15) is 5.10 Å². The van der Waals surface area contributed by atoms with E-state index in [9.17, 15) is 0 Å². The topological polar surface area (TPSA) is 56.7 Å². The third-order valence-corrected chi connectivity index (χ3v) is 4.08. The Hall–Kier alpha value is -0.900. The lowest BCUT2D eigenvalue weighted by molar-refractivity contribution is 0.218. The molecule has 4 nitrogen and oxygen atoms in total. The van der Waals surface area contributed by atoms with Crippen LogP contribution in [0.4, 0.5) is 0 Å². The van der Waals surface area contributed by atoms with Crippen molar-refractivity contribution in [3.8, 4) is 0 Å². The monoisotopic (exact) mass is 222 g/mol. The Morgan fingerprint density at radius 1 is 1.62 bits per heavy atom. The van der Waals surface area contributed by atoms with Gasteiger partial charge in [0.1, 0.15) is 12.2 Å². The third-order valence-electron chi connectivity index (χ3n) is 4.08. The zero-order valence-corrected chi connectivity index (χ0v) is 10.5. The molecule has 2 rings (SSSR count). The maximum atomic E-state index is 6.33. The summed E-state index contributed by atoms with van der Waals surface area (Å²) in [5.41, 5.74) is 6.72. The van der Waals surface area contributed by atoms with Crippen LogP contribution in [-0.4, -0.2) is 20.8 Å². The summed E-state index contributed by atoms with van der Waals surface area (Å²) in [4.78, 5) is 4.25. The largest absolute Gasteiger partial charge is 0.327 e. The van der Waals surface area contributed by atoms with Gasteiger partial charge in [0, 0.05) is 19.5 Å². The van der Waals surface area contributed by atoms with Crippen LogP contribution in [0.1, 0.15) is 38.9 Å². The smallest absolute Gasteiger partial charge is 0.138 e. The predicted octanol–water partition coefficient (Wildman–Crippen LogP) is 1.51. The molecule has 0 saturated heterocycles. The number of hydrogen-bond donors (Lipinski definition) is 1. The molecule has 0 bridgehead atoms. The number of nitrogens with zero attached hydrogens (tertiary/aromatic N) is 3. The minimum Gasteiger partial charge on any atom is -0.327 e. The molecule has 4 heteroatoms. The number of nitrogens with two attached hydrogens (primary N) is 1. The van der Waals surface area contributed by atoms with Gasteiger partial charge in [-0.15, -0.1) is 0 Å². The van der Waals surface area contributed by atoms with E-state index in [0.29, 0.717) is 11.3 Å². The molecule has 0 radical (unpaired) electrons. The molecule has 0 spiro atoms. The van der Waals surface area contributed by atoms with Crippen LogP contribution >= 0.6 is 0 Å². The average Bonchev–Trinajstić information content (AvgIpc) is 2.73. The lowest BCUT2D eigenvalue weighted by Gasteiger charge is -2.31. The molecule has 1 aliphatic rings. The van der Waals surface area contributed by atoms with Crippen molar-refractivity contribution in [1.29, 1.82) is 0 Å². The van der Waals surface area contributed by atoms with Crippen molar-refractivity contribution >= 4 is 0 Å². The lowest BCUT2D eigenvalue weighted by atomic mass is 9.77. The Morgan fingerprint density at radius 2 is 2.38 bits per heavy atom. The predicted molar refractivity (Wildman–Crippen MR) is 63.8 cm³/mol. The lowest BCUT2D eigenvalue weighted by Crippen LogP contribution is -2.38. The Balaban J connectivity index is 2.03. The Kier molecular flexibility index (Phi) is 3.02. The molecule has 2 N–H and O–H groups in total. The second-order valence-corrected chi connectivity index (χ2v) is 5.66. The highest BCUT2D eigenvalue weighted by molar-refractivity contribution is 4.96. The maximum absolute atomic E-state index is 6.33. The van der Waals surface area contributed by atoms with Crippen molar-refractivity contribution in [2.75, 3.05) is 0 Å². The van der Waals surface area contributed by atoms with Crippen molar-refractivity contribution in [3.05, 3.63) is 12.2 Å². The molecule has 2 unspecified atom stereocenters. The number of aromatic nitrogens is 3. The van der Waals surface area contributed by atoms with Gasteiger partial charge in [-0.3, -0.25) is 4.68 Å². The fourth-order valence-electron chi connectivity index (χ4n) is 3.01. The van der Waals surface area contributed by atoms with Gasteiger partial charge in [0.05, 0.1) is 0 Å². The van der Waals surface area contributed by atoms with Crippen LogP contribution in [0.3, 0.4) is 0 Å². The van der Waals surface area contributed by atoms with Gasteiger partial charge in [0.25, 0.3) is 0 Å². The molecule has 1 fully saturated rings. The summed E-state index contributed by atoms with van der Waals surface area (Å²) >= 11 is 0. The standard InChI is InChI=1S/C12H22N4/c1-12(2)6-4-5-9(12)10(13)7-11-14-8-15-16(11)3/h8-10H,4-7,13H2,1-3H3. The molecule has 1 aliphatic carbocycles. The summed E-state index contributed by atoms with van der Waals surface area (Å²) < 4.78 is 1.82. The van der Waals surface area contributed by atoms with E-state index in [0.717, 1.165) is 12.2 Å². The average molecular weight is 222 g/mol. The van der Waals surface area contributed by atoms with E-state index < -0.39 is 0 Å². The van der Waals surface area contributed by atoms with E-state index in [1.165, 1.54) is 19.3 Å². The zero-order valence-electron chi connectivity index (χ0n) is 10.5. The third kappa shape index (κ3) is 2.12. The van der Waals surface area contributed by atoms with E-state index >= 15 is 0 Å². The second kappa shape index (κ2) is 4.17. The number of hydrogen-bond acceptors (Lipinski definition) is 3. The van der Waals surface area contributed by atoms with Crippen LogP contribution in [0.2, 0.25) is 0 Å². The first-order valence-electron chi connectivity index (χ1n) is 6.09. The number of aryl methyl sites for hydroxylation is 1. The first-order valence-corrected chi connectivity index (χ1v) is 6.09. The highest BCUT2D eigenvalue weighted by Crippen LogP contribution is 2.44. The van der Waals surface area contributed by atoms with Crippen molar-refractivity contribution in [3.63, 3.8) is 0 Å². The van der Waals surface area contributed by atoms with E-state index in [1.54, 1.807) is 6.33 Å². The van der Waals surface area contributed by atoms with Crippen molar-refractivity contribution < 1.29 is 0 Å². The highest BCUT2D eigenvalue weighted by Gasteiger charge is 2.38. The molecular weight excluding hydrogens is 200 g/mol. The summed E-state index contributed by atoms with van der Waals surface area (Å²) in [6, 6.07) is 0.209. The number of rotatable bonds is 3. The summed E-state index contributed by atoms with van der Waals surface area (Å²) in [6.07, 6.45) is 6.30. The first-order chi connectivity index (χ1) is 7.50. The van der Waals surface area contributed by atoms with Crippen LogP contribution in [0, 0.1) is 11.3 Å². The molecule has 0 amide bonds. The van der Waals surface area contributed by atoms with Crippen LogP contribution in [-0.2, 0) is 13.5 Å². The van der Waals surface area contributed by atoms with Crippen molar-refractivity contribution in [2.24, 2.45) is 24.1 Å². The fourth-order valence-corrected chi connectivity index (χ4v) is 3.01. The molecule has 1 aromatic heterocycles. The molecule has 1 aromatic rings. The second-order valence-electron chi connectivity index (χ2n) is 5.66. The summed E-state index contributed by atoms with van der Waals surface area (Å²) in [5, 5.41) is 4.08. The van der Waals surface area contributed by atoms with E-state index in [2.05, 4.69) is 23.9 Å². The molecule has 1 saturated carbocycles. The molecule has 16 heavy (non-hydrogen) atoms. The van der Waals surface area contributed by atoms with Gasteiger partial charge in [-0.25, -0.2) is 4.98 Å². The quantitative estimate of drug-likeness (QED) is 0.843. The van der Waals surface area contributed by atoms with Gasteiger partial charge in [-0.1, -0.05) is 20.3 Å². The summed E-state index contributed by atoms with van der Waals surface area (Å²) in [6.45, 7) is 4.67. The fraction of sp³-hybridized carbons (Fsp3) is 0.833. The van der Waals surface area contributed by atoms with Crippen LogP contribution in [0.15, 0.2) is 6.33 Å². The Bertz CT molecular complexity index is 356. The molecular formula is C12H22N4. The Labute approximate surface area is 97.2 Å². The van der Waals surface area contributed by atoms with Crippen molar-refractivity contribution in [2.45, 2.75) is 45.6 Å². The van der Waals surface area contributed by atoms with E-state index in [-0.39, 0.29) is 6.04 Å². The van der Waals surface area contributed by atoms with Gasteiger partial charge >= 0.3 is 0 Å². The minimum absolute atomic E-state index is 0.209. The SMILES string of the molecule is Cn1ncnc1CC(N)C1CCCC1(C)C. The molecule has 90 valence electrons. The van der Waals surface area contributed by atoms with Crippen molar-refractivity contribution in [1.82, 2.24) is 14.8 Å². The zero-order chi connectivity index (χ0) is 11.8. The van der Waals surface area contributed by atoms with Crippen LogP contribution < -0.4 is 5.73 Å². The van der Waals surface area contributed by atoms with Gasteiger partial charge < -0.3 is 5.73 Å². The molecule has 1 heterocycles. The van der Waals surface area contributed by atoms with E-state index in [4.69, 9.17) is 5.73 Å². The maximum Gasteiger partial charge on any atom is 0.138 e. The molecule has 0 aliphatic heterocycles. The van der Waals surface area contributed by atoms with Gasteiger partial charge in [0.2, 0.25) is 0 Å². The van der Waals surface area contributed by atoms with E-state index in [1.807, 2.05) is 11.7 Å².